The maximum absolute atomic E-state index is 13.1. The summed E-state index contributed by atoms with van der Waals surface area (Å²) in [5.41, 5.74) is 1.79. The number of hydrogen-bond acceptors (Lipinski definition) is 3. The Morgan fingerprint density at radius 2 is 1.88 bits per heavy atom. The molecule has 6 heteroatoms. The highest BCUT2D eigenvalue weighted by molar-refractivity contribution is 5.99. The van der Waals surface area contributed by atoms with E-state index in [4.69, 9.17) is 4.74 Å². The lowest BCUT2D eigenvalue weighted by Crippen LogP contribution is -2.34. The molecule has 0 fully saturated rings. The van der Waals surface area contributed by atoms with Crippen molar-refractivity contribution in [3.05, 3.63) is 65.5 Å². The molecule has 0 radical (unpaired) electrons. The number of carbonyl (C=O) groups excluding carboxylic acids is 2. The van der Waals surface area contributed by atoms with Crippen LogP contribution in [-0.2, 0) is 16.1 Å². The van der Waals surface area contributed by atoms with E-state index in [2.05, 4.69) is 5.32 Å². The first-order chi connectivity index (χ1) is 11.5. The first-order valence-electron chi connectivity index (χ1n) is 7.38. The van der Waals surface area contributed by atoms with Crippen LogP contribution in [0.3, 0.4) is 0 Å². The lowest BCUT2D eigenvalue weighted by Gasteiger charge is -2.17. The van der Waals surface area contributed by atoms with Crippen LogP contribution in [0.5, 0.6) is 0 Å². The van der Waals surface area contributed by atoms with E-state index in [-0.39, 0.29) is 12.5 Å². The van der Waals surface area contributed by atoms with Gasteiger partial charge in [0.1, 0.15) is 5.82 Å². The molecule has 2 rings (SSSR count). The van der Waals surface area contributed by atoms with E-state index < -0.39 is 11.7 Å². The van der Waals surface area contributed by atoms with E-state index >= 15 is 0 Å². The van der Waals surface area contributed by atoms with Gasteiger partial charge in [-0.15, -0.1) is 0 Å². The highest BCUT2D eigenvalue weighted by Crippen LogP contribution is 2.10. The molecule has 2 amide bonds. The predicted molar refractivity (Wildman–Crippen MR) is 89.1 cm³/mol. The second-order valence-electron chi connectivity index (χ2n) is 5.35. The fraction of sp³-hybridized carbons (Fsp3) is 0.222. The van der Waals surface area contributed by atoms with Crippen molar-refractivity contribution in [2.75, 3.05) is 26.0 Å². The highest BCUT2D eigenvalue weighted by atomic mass is 19.1. The van der Waals surface area contributed by atoms with Crippen molar-refractivity contribution in [2.45, 2.75) is 6.61 Å². The maximum atomic E-state index is 13.1. The summed E-state index contributed by atoms with van der Waals surface area (Å²) in [7, 11) is 3.14. The van der Waals surface area contributed by atoms with Gasteiger partial charge in [-0.3, -0.25) is 9.59 Å². The number of nitrogens with one attached hydrogen (secondary N) is 1. The first kappa shape index (κ1) is 17.6. The lowest BCUT2D eigenvalue weighted by atomic mass is 10.1. The lowest BCUT2D eigenvalue weighted by molar-refractivity contribution is -0.116. The van der Waals surface area contributed by atoms with Crippen LogP contribution < -0.4 is 5.32 Å². The zero-order valence-electron chi connectivity index (χ0n) is 13.6. The Bertz CT molecular complexity index is 716. The predicted octanol–water partition coefficient (Wildman–Crippen LogP) is 2.68. The highest BCUT2D eigenvalue weighted by Gasteiger charge is 2.15. The van der Waals surface area contributed by atoms with E-state index in [9.17, 15) is 14.0 Å². The van der Waals surface area contributed by atoms with Gasteiger partial charge in [0.05, 0.1) is 13.2 Å². The fourth-order valence-corrected chi connectivity index (χ4v) is 2.18. The summed E-state index contributed by atoms with van der Waals surface area (Å²) in [6.07, 6.45) is 0. The van der Waals surface area contributed by atoms with Crippen LogP contribution in [-0.4, -0.2) is 37.4 Å². The summed E-state index contributed by atoms with van der Waals surface area (Å²) in [4.78, 5) is 25.6. The second kappa shape index (κ2) is 8.21. The number of rotatable bonds is 6. The normalized spacial score (nSPS) is 10.3. The zero-order chi connectivity index (χ0) is 17.5. The Hall–Kier alpha value is -2.73. The van der Waals surface area contributed by atoms with Crippen LogP contribution in [0.4, 0.5) is 10.1 Å². The Balaban J connectivity index is 1.94. The molecule has 126 valence electrons. The molecule has 2 aromatic rings. The van der Waals surface area contributed by atoms with E-state index in [1.165, 1.54) is 30.1 Å². The van der Waals surface area contributed by atoms with Gasteiger partial charge in [-0.2, -0.15) is 0 Å². The van der Waals surface area contributed by atoms with Crippen LogP contribution in [0.15, 0.2) is 48.5 Å². The van der Waals surface area contributed by atoms with E-state index in [1.807, 2.05) is 0 Å². The van der Waals surface area contributed by atoms with E-state index in [0.717, 1.165) is 5.56 Å². The largest absolute Gasteiger partial charge is 0.380 e. The summed E-state index contributed by atoms with van der Waals surface area (Å²) in [5, 5.41) is 2.56. The van der Waals surface area contributed by atoms with Crippen molar-refractivity contribution < 1.29 is 18.7 Å². The van der Waals surface area contributed by atoms with E-state index in [0.29, 0.717) is 17.9 Å². The van der Waals surface area contributed by atoms with Crippen LogP contribution in [0, 0.1) is 5.82 Å². The molecule has 0 spiro atoms. The molecule has 0 aromatic heterocycles. The third kappa shape index (κ3) is 4.89. The average molecular weight is 330 g/mol. The van der Waals surface area contributed by atoms with Gasteiger partial charge in [0.15, 0.2) is 0 Å². The fourth-order valence-electron chi connectivity index (χ4n) is 2.18. The number of benzene rings is 2. The molecule has 2 aromatic carbocycles. The number of halogens is 1. The molecule has 0 heterocycles. The van der Waals surface area contributed by atoms with Crippen LogP contribution in [0.2, 0.25) is 0 Å². The van der Waals surface area contributed by atoms with Gasteiger partial charge >= 0.3 is 0 Å². The molecule has 1 N–H and O–H groups in total. The molecule has 0 aliphatic heterocycles. The van der Waals surface area contributed by atoms with E-state index in [1.54, 1.807) is 37.4 Å². The Kier molecular flexibility index (Phi) is 6.03. The van der Waals surface area contributed by atoms with Crippen molar-refractivity contribution in [2.24, 2.45) is 0 Å². The second-order valence-corrected chi connectivity index (χ2v) is 5.35. The van der Waals surface area contributed by atoms with Crippen molar-refractivity contribution in [3.63, 3.8) is 0 Å². The van der Waals surface area contributed by atoms with Gasteiger partial charge in [0.2, 0.25) is 5.91 Å². The maximum Gasteiger partial charge on any atom is 0.254 e. The molecule has 0 aliphatic rings. The molecule has 0 unspecified atom stereocenters. The summed E-state index contributed by atoms with van der Waals surface area (Å²) >= 11 is 0. The first-order valence-corrected chi connectivity index (χ1v) is 7.38. The smallest absolute Gasteiger partial charge is 0.254 e. The zero-order valence-corrected chi connectivity index (χ0v) is 13.6. The van der Waals surface area contributed by atoms with Gasteiger partial charge in [0.25, 0.3) is 5.91 Å². The minimum Gasteiger partial charge on any atom is -0.380 e. The summed E-state index contributed by atoms with van der Waals surface area (Å²) in [6, 6.07) is 12.6. The average Bonchev–Trinajstić information content (AvgIpc) is 2.55. The molecule has 24 heavy (non-hydrogen) atoms. The number of anilines is 1. The summed E-state index contributed by atoms with van der Waals surface area (Å²) in [6.45, 7) is 0.343. The summed E-state index contributed by atoms with van der Waals surface area (Å²) in [5.74, 6) is -1.10. The number of carbonyl (C=O) groups is 2. The number of likely N-dealkylation sites (N-methyl/N-ethyl adjacent to an activating group) is 1. The number of hydrogen-bond donors (Lipinski definition) is 1. The van der Waals surface area contributed by atoms with Gasteiger partial charge in [-0.25, -0.2) is 4.39 Å². The van der Waals surface area contributed by atoms with Gasteiger partial charge in [-0.05, 0) is 35.9 Å². The molecule has 0 saturated heterocycles. The molecule has 0 bridgehead atoms. The number of amides is 2. The third-order valence-electron chi connectivity index (χ3n) is 3.35. The Morgan fingerprint density at radius 1 is 1.17 bits per heavy atom. The van der Waals surface area contributed by atoms with Crippen molar-refractivity contribution in [1.29, 1.82) is 0 Å². The molecule has 0 atom stereocenters. The number of ether oxygens (including phenoxy) is 1. The van der Waals surface area contributed by atoms with Crippen LogP contribution >= 0.6 is 0 Å². The minimum absolute atomic E-state index is 0.130. The van der Waals surface area contributed by atoms with Crippen molar-refractivity contribution >= 4 is 17.5 Å². The molecular formula is C18H19FN2O3. The van der Waals surface area contributed by atoms with Gasteiger partial charge < -0.3 is 15.0 Å². The quantitative estimate of drug-likeness (QED) is 0.886. The minimum atomic E-state index is -0.437. The number of methoxy groups -OCH3 is 1. The summed E-state index contributed by atoms with van der Waals surface area (Å²) < 4.78 is 18.1. The van der Waals surface area contributed by atoms with Gasteiger partial charge in [-0.1, -0.05) is 18.2 Å². The SMILES string of the molecule is COCc1ccc(C(=O)N(C)CC(=O)Nc2cccc(F)c2)cc1. The topological polar surface area (TPSA) is 58.6 Å². The third-order valence-corrected chi connectivity index (χ3v) is 3.35. The Morgan fingerprint density at radius 3 is 2.50 bits per heavy atom. The van der Waals surface area contributed by atoms with Crippen LogP contribution in [0.25, 0.3) is 0 Å². The number of nitrogens with zero attached hydrogens (tertiary/aromatic N) is 1. The van der Waals surface area contributed by atoms with Crippen LogP contribution in [0.1, 0.15) is 15.9 Å². The Labute approximate surface area is 140 Å². The standard InChI is InChI=1S/C18H19FN2O3/c1-21(11-17(22)20-16-5-3-4-15(19)10-16)18(23)14-8-6-13(7-9-14)12-24-2/h3-10H,11-12H2,1-2H3,(H,20,22). The molecule has 5 nitrogen and oxygen atoms in total. The van der Waals surface area contributed by atoms with Crippen molar-refractivity contribution in [1.82, 2.24) is 4.90 Å². The van der Waals surface area contributed by atoms with Crippen molar-refractivity contribution in [3.8, 4) is 0 Å². The monoisotopic (exact) mass is 330 g/mol. The van der Waals surface area contributed by atoms with Gasteiger partial charge in [0, 0.05) is 25.4 Å². The molecule has 0 saturated carbocycles. The molecular weight excluding hydrogens is 311 g/mol. The molecule has 0 aliphatic carbocycles.